The van der Waals surface area contributed by atoms with E-state index >= 15 is 0 Å². The third-order valence-electron chi connectivity index (χ3n) is 12.4. The Bertz CT molecular complexity index is 2690. The molecule has 0 radical (unpaired) electrons. The molecule has 1 unspecified atom stereocenters. The summed E-state index contributed by atoms with van der Waals surface area (Å²) in [5.41, 5.74) is 9.25. The molecule has 5 aromatic carbocycles. The number of hydrogen-bond acceptors (Lipinski definition) is 4. The quantitative estimate of drug-likeness (QED) is 0.130. The van der Waals surface area contributed by atoms with E-state index in [1.54, 1.807) is 0 Å². The van der Waals surface area contributed by atoms with Gasteiger partial charge >= 0.3 is 11.9 Å². The fraction of sp³-hybridized carbons (Fsp3) is 0.255. The highest BCUT2D eigenvalue weighted by Gasteiger charge is 2.49. The van der Waals surface area contributed by atoms with Gasteiger partial charge in [-0.05, 0) is 94.6 Å². The lowest BCUT2D eigenvalue weighted by atomic mass is 9.72. The van der Waals surface area contributed by atoms with Crippen molar-refractivity contribution in [3.8, 4) is 6.07 Å². The minimum atomic E-state index is -0.851. The highest BCUT2D eigenvalue weighted by molar-refractivity contribution is 6.08. The fourth-order valence-corrected chi connectivity index (χ4v) is 9.77. The van der Waals surface area contributed by atoms with Gasteiger partial charge in [-0.3, -0.25) is 9.59 Å². The summed E-state index contributed by atoms with van der Waals surface area (Å²) in [6, 6.07) is 38.2. The van der Waals surface area contributed by atoms with Crippen molar-refractivity contribution in [1.29, 1.82) is 5.26 Å². The molecule has 1 aliphatic carbocycles. The summed E-state index contributed by atoms with van der Waals surface area (Å²) in [6.45, 7) is 7.32. The Kier molecular flexibility index (Phi) is 10.2. The van der Waals surface area contributed by atoms with E-state index in [2.05, 4.69) is 139 Å². The second-order valence-corrected chi connectivity index (χ2v) is 16.4. The first-order chi connectivity index (χ1) is 28.0. The topological polar surface area (TPSA) is 105 Å². The van der Waals surface area contributed by atoms with E-state index in [1.165, 1.54) is 16.7 Å². The van der Waals surface area contributed by atoms with Crippen LogP contribution in [0.2, 0.25) is 0 Å². The summed E-state index contributed by atoms with van der Waals surface area (Å²) in [6.07, 6.45) is 11.5. The Morgan fingerprint density at radius 1 is 0.776 bits per heavy atom. The van der Waals surface area contributed by atoms with Crippen LogP contribution in [0.4, 0.5) is 11.4 Å². The average Bonchev–Trinajstić information content (AvgIpc) is 3.59. The van der Waals surface area contributed by atoms with Gasteiger partial charge in [0.15, 0.2) is 12.3 Å². The van der Waals surface area contributed by atoms with E-state index in [1.807, 2.05) is 24.3 Å². The predicted octanol–water partition coefficient (Wildman–Crippen LogP) is 10.7. The summed E-state index contributed by atoms with van der Waals surface area (Å²) in [4.78, 5) is 26.0. The number of carboxylic acids is 2. The summed E-state index contributed by atoms with van der Waals surface area (Å²) in [5, 5.41) is 34.9. The largest absolute Gasteiger partial charge is 0.481 e. The number of aliphatic carboxylic acids is 2. The molecule has 2 heterocycles. The van der Waals surface area contributed by atoms with E-state index in [0.717, 1.165) is 74.7 Å². The second kappa shape index (κ2) is 15.4. The highest BCUT2D eigenvalue weighted by atomic mass is 16.4. The molecule has 3 aliphatic rings. The van der Waals surface area contributed by atoms with Gasteiger partial charge < -0.3 is 15.1 Å². The molecule has 58 heavy (non-hydrogen) atoms. The van der Waals surface area contributed by atoms with Gasteiger partial charge in [-0.1, -0.05) is 111 Å². The van der Waals surface area contributed by atoms with Crippen molar-refractivity contribution in [2.45, 2.75) is 70.1 Å². The third kappa shape index (κ3) is 6.83. The molecule has 0 saturated carbocycles. The SMILES string of the molecule is CC1(Cc2ccccc2)C(/C=C/C2=C(C#N)C(=C/C=C3\N(CCC(=O)O)c4ccc5ccccc5c4C3(C)C)/CCC2)=[N+](CCC(=O)O)c2ccc3ccccc3c21. The van der Waals surface area contributed by atoms with Crippen LogP contribution in [-0.4, -0.2) is 45.5 Å². The van der Waals surface area contributed by atoms with Crippen molar-refractivity contribution >= 4 is 50.6 Å². The molecule has 1 atom stereocenters. The number of hydrogen-bond donors (Lipinski definition) is 2. The summed E-state index contributed by atoms with van der Waals surface area (Å²) in [7, 11) is 0. The van der Waals surface area contributed by atoms with Crippen LogP contribution in [0.15, 0.2) is 150 Å². The van der Waals surface area contributed by atoms with Gasteiger partial charge in [0.1, 0.15) is 6.42 Å². The first kappa shape index (κ1) is 38.4. The van der Waals surface area contributed by atoms with E-state index in [4.69, 9.17) is 0 Å². The predicted molar refractivity (Wildman–Crippen MR) is 232 cm³/mol. The van der Waals surface area contributed by atoms with Crippen LogP contribution < -0.4 is 4.90 Å². The zero-order chi connectivity index (χ0) is 40.6. The zero-order valence-corrected chi connectivity index (χ0v) is 33.3. The number of anilines is 1. The number of benzene rings is 5. The summed E-state index contributed by atoms with van der Waals surface area (Å²) >= 11 is 0. The zero-order valence-electron chi connectivity index (χ0n) is 33.3. The Balaban J connectivity index is 1.23. The minimum Gasteiger partial charge on any atom is -0.481 e. The number of allylic oxidation sites excluding steroid dienone is 8. The van der Waals surface area contributed by atoms with Crippen molar-refractivity contribution < 1.29 is 24.4 Å². The van der Waals surface area contributed by atoms with E-state index in [-0.39, 0.29) is 12.8 Å². The molecule has 2 N–H and O–H groups in total. The van der Waals surface area contributed by atoms with Crippen LogP contribution in [0, 0.1) is 11.3 Å². The van der Waals surface area contributed by atoms with Crippen LogP contribution in [0.3, 0.4) is 0 Å². The van der Waals surface area contributed by atoms with Crippen molar-refractivity contribution in [2.75, 3.05) is 18.0 Å². The van der Waals surface area contributed by atoms with Crippen molar-refractivity contribution in [3.05, 3.63) is 167 Å². The Hall–Kier alpha value is -6.52. The smallest absolute Gasteiger partial charge is 0.309 e. The van der Waals surface area contributed by atoms with Crippen molar-refractivity contribution in [2.24, 2.45) is 0 Å². The Labute approximate surface area is 339 Å². The van der Waals surface area contributed by atoms with Crippen LogP contribution in [-0.2, 0) is 26.8 Å². The molecular weight excluding hydrogens is 719 g/mol. The molecule has 2 aliphatic heterocycles. The van der Waals surface area contributed by atoms with Crippen molar-refractivity contribution in [3.63, 3.8) is 0 Å². The molecule has 0 fully saturated rings. The lowest BCUT2D eigenvalue weighted by Gasteiger charge is -2.27. The van der Waals surface area contributed by atoms with Gasteiger partial charge in [-0.2, -0.15) is 9.84 Å². The fourth-order valence-electron chi connectivity index (χ4n) is 9.77. The normalized spacial score (nSPS) is 20.1. The maximum atomic E-state index is 12.0. The average molecular weight is 767 g/mol. The molecule has 7 nitrogen and oxygen atoms in total. The van der Waals surface area contributed by atoms with Gasteiger partial charge in [-0.25, -0.2) is 0 Å². The highest BCUT2D eigenvalue weighted by Crippen LogP contribution is 2.51. The molecule has 5 aromatic rings. The molecule has 0 saturated heterocycles. The van der Waals surface area contributed by atoms with Crippen LogP contribution in [0.1, 0.15) is 69.6 Å². The van der Waals surface area contributed by atoms with Gasteiger partial charge in [0.05, 0.1) is 23.5 Å². The van der Waals surface area contributed by atoms with Gasteiger partial charge in [-0.15, -0.1) is 0 Å². The first-order valence-electron chi connectivity index (χ1n) is 20.2. The molecule has 290 valence electrons. The van der Waals surface area contributed by atoms with Gasteiger partial charge in [0, 0.05) is 41.1 Å². The standard InChI is InChI=1S/C51H47N3O4/c1-50(2)44(53(30-28-46(55)56)42-24-20-35-14-7-9-18-39(35)48(42)50)26-22-37-16-11-17-38(41(37)33-52)23-27-45-51(3,32-34-12-5-4-6-13-34)49-40-19-10-8-15-36(40)21-25-43(49)54(45)31-29-47(57)58/h4-10,12-15,18-27H,11,16-17,28-32H2,1-3H3,(H-,55,56,57,58)/p+1. The second-order valence-electron chi connectivity index (χ2n) is 16.4. The molecular formula is C51H48N3O4+. The number of carboxylic acid groups (broad SMARTS) is 2. The number of nitriles is 1. The van der Waals surface area contributed by atoms with Gasteiger partial charge in [0.25, 0.3) is 0 Å². The van der Waals surface area contributed by atoms with E-state index < -0.39 is 22.8 Å². The van der Waals surface area contributed by atoms with E-state index in [0.29, 0.717) is 25.1 Å². The van der Waals surface area contributed by atoms with Crippen molar-refractivity contribution in [1.82, 2.24) is 0 Å². The molecule has 0 aromatic heterocycles. The van der Waals surface area contributed by atoms with E-state index in [9.17, 15) is 25.1 Å². The van der Waals surface area contributed by atoms with Crippen LogP contribution >= 0.6 is 0 Å². The monoisotopic (exact) mass is 766 g/mol. The lowest BCUT2D eigenvalue weighted by molar-refractivity contribution is -0.436. The molecule has 0 amide bonds. The maximum absolute atomic E-state index is 12.0. The Morgan fingerprint density at radius 3 is 2.12 bits per heavy atom. The van der Waals surface area contributed by atoms with Crippen LogP contribution in [0.25, 0.3) is 21.5 Å². The molecule has 8 rings (SSSR count). The number of carbonyl (C=O) groups is 2. The molecule has 7 heteroatoms. The summed E-state index contributed by atoms with van der Waals surface area (Å²) < 4.78 is 2.18. The maximum Gasteiger partial charge on any atom is 0.309 e. The number of rotatable bonds is 11. The molecule has 0 spiro atoms. The molecule has 0 bridgehead atoms. The third-order valence-corrected chi connectivity index (χ3v) is 12.4. The van der Waals surface area contributed by atoms with Gasteiger partial charge in [0.2, 0.25) is 5.69 Å². The number of fused-ring (bicyclic) bond motifs is 6. The lowest BCUT2D eigenvalue weighted by Crippen LogP contribution is -2.34. The minimum absolute atomic E-state index is 0.000278. The van der Waals surface area contributed by atoms with Crippen LogP contribution in [0.5, 0.6) is 0 Å². The first-order valence-corrected chi connectivity index (χ1v) is 20.2. The Morgan fingerprint density at radius 2 is 1.43 bits per heavy atom. The summed E-state index contributed by atoms with van der Waals surface area (Å²) in [5.74, 6) is -1.70. The number of nitrogens with zero attached hydrogens (tertiary/aromatic N) is 3.